The van der Waals surface area contributed by atoms with E-state index >= 15 is 0 Å². The molecule has 0 saturated heterocycles. The number of fused-ring (bicyclic) bond motifs is 4. The third kappa shape index (κ3) is 8.86. The molecule has 0 aliphatic carbocycles. The Bertz CT molecular complexity index is 3100. The number of halogens is 3. The van der Waals surface area contributed by atoms with Gasteiger partial charge in [-0.3, -0.25) is 9.97 Å². The van der Waals surface area contributed by atoms with Crippen molar-refractivity contribution in [3.63, 3.8) is 0 Å². The van der Waals surface area contributed by atoms with Gasteiger partial charge in [-0.15, -0.1) is 54.1 Å². The third-order valence-corrected chi connectivity index (χ3v) is 13.5. The van der Waals surface area contributed by atoms with Gasteiger partial charge in [0.05, 0.1) is 36.7 Å². The number of alkyl halides is 3. The van der Waals surface area contributed by atoms with E-state index in [2.05, 4.69) is 143 Å². The van der Waals surface area contributed by atoms with Crippen LogP contribution in [-0.4, -0.2) is 32.6 Å². The van der Waals surface area contributed by atoms with E-state index < -0.39 is 19.9 Å². The second kappa shape index (κ2) is 18.0. The van der Waals surface area contributed by atoms with Gasteiger partial charge in [0.2, 0.25) is 5.71 Å². The molecule has 6 nitrogen and oxygen atoms in total. The van der Waals surface area contributed by atoms with Crippen LogP contribution in [0.25, 0.3) is 72.6 Å². The molecule has 0 bridgehead atoms. The topological polar surface area (TPSA) is 69.6 Å². The van der Waals surface area contributed by atoms with Crippen LogP contribution in [0.15, 0.2) is 114 Å². The maximum absolute atomic E-state index is 13.4. The van der Waals surface area contributed by atoms with Gasteiger partial charge in [0.1, 0.15) is 5.69 Å². The summed E-state index contributed by atoms with van der Waals surface area (Å²) in [5, 5.41) is 2.56. The van der Waals surface area contributed by atoms with Gasteiger partial charge in [-0.2, -0.15) is 13.2 Å². The van der Waals surface area contributed by atoms with Gasteiger partial charge in [0.25, 0.3) is 0 Å². The summed E-state index contributed by atoms with van der Waals surface area (Å²) < 4.78 is 48.3. The van der Waals surface area contributed by atoms with Crippen LogP contribution in [0, 0.1) is 32.9 Å². The molecule has 9 aromatic rings. The summed E-state index contributed by atoms with van der Waals surface area (Å²) in [7, 11) is -1.50. The number of pyridine rings is 3. The average molecular weight is 1050 g/mol. The van der Waals surface area contributed by atoms with Crippen molar-refractivity contribution >= 4 is 46.4 Å². The number of imidazole rings is 1. The predicted octanol–water partition coefficient (Wildman–Crippen LogP) is 14.1. The molecule has 4 aromatic carbocycles. The van der Waals surface area contributed by atoms with E-state index in [-0.39, 0.29) is 37.7 Å². The Balaban J connectivity index is 0.000000211. The van der Waals surface area contributed by atoms with Crippen LogP contribution >= 0.6 is 0 Å². The van der Waals surface area contributed by atoms with Gasteiger partial charge in [0, 0.05) is 43.1 Å². The minimum atomic E-state index is -4.57. The second-order valence-corrected chi connectivity index (χ2v) is 22.9. The van der Waals surface area contributed by atoms with Crippen LogP contribution in [0.5, 0.6) is 0 Å². The van der Waals surface area contributed by atoms with Crippen molar-refractivity contribution in [1.29, 1.82) is 0 Å². The van der Waals surface area contributed by atoms with Crippen LogP contribution in [0.2, 0.25) is 19.6 Å². The number of para-hydroxylation sites is 1. The molecule has 0 atom stereocenters. The number of nitrogens with zero attached hydrogens (tertiary/aromatic N) is 5. The smallest absolute Gasteiger partial charge is 0.433 e. The molecule has 0 unspecified atom stereocenters. The Hall–Kier alpha value is -5.74. The van der Waals surface area contributed by atoms with Crippen molar-refractivity contribution in [3.05, 3.63) is 155 Å². The van der Waals surface area contributed by atoms with Crippen molar-refractivity contribution in [1.82, 2.24) is 24.5 Å². The fourth-order valence-corrected chi connectivity index (χ4v) is 9.84. The van der Waals surface area contributed by atoms with E-state index in [0.29, 0.717) is 27.7 Å². The molecule has 0 N–H and O–H groups in total. The van der Waals surface area contributed by atoms with E-state index in [1.165, 1.54) is 33.5 Å². The molecular formula is C53H50F3IrN5OSi-2. The summed E-state index contributed by atoms with van der Waals surface area (Å²) in [6.45, 7) is 22.1. The quantitative estimate of drug-likeness (QED) is 0.117. The second-order valence-electron chi connectivity index (χ2n) is 17.8. The molecule has 9 rings (SSSR count). The molecule has 0 saturated carbocycles. The number of benzene rings is 4. The minimum absolute atomic E-state index is 0. The van der Waals surface area contributed by atoms with E-state index in [1.54, 1.807) is 12.1 Å². The van der Waals surface area contributed by atoms with E-state index in [0.717, 1.165) is 50.9 Å². The Morgan fingerprint density at radius 2 is 1.41 bits per heavy atom. The molecule has 0 amide bonds. The first kappa shape index (κ1) is 46.3. The zero-order valence-electron chi connectivity index (χ0n) is 37.7. The van der Waals surface area contributed by atoms with Crippen LogP contribution < -0.4 is 5.19 Å². The molecule has 329 valence electrons. The van der Waals surface area contributed by atoms with Crippen molar-refractivity contribution < 1.29 is 37.7 Å². The summed E-state index contributed by atoms with van der Waals surface area (Å²) in [5.41, 5.74) is 13.0. The van der Waals surface area contributed by atoms with Crippen molar-refractivity contribution in [2.45, 2.75) is 86.1 Å². The molecule has 0 aliphatic rings. The number of hydrogen-bond donors (Lipinski definition) is 0. The summed E-state index contributed by atoms with van der Waals surface area (Å²) >= 11 is 0. The van der Waals surface area contributed by atoms with Gasteiger partial charge in [-0.1, -0.05) is 101 Å². The first-order valence-corrected chi connectivity index (χ1v) is 24.8. The third-order valence-electron chi connectivity index (χ3n) is 11.5. The summed E-state index contributed by atoms with van der Waals surface area (Å²) in [6.07, 6.45) is -0.656. The van der Waals surface area contributed by atoms with Gasteiger partial charge in [-0.25, -0.2) is 4.98 Å². The first-order valence-electron chi connectivity index (χ1n) is 21.3. The van der Waals surface area contributed by atoms with Crippen molar-refractivity contribution in [3.8, 4) is 39.5 Å². The number of furan rings is 1. The number of rotatable bonds is 7. The zero-order chi connectivity index (χ0) is 45.0. The number of aryl methyl sites for hydroxylation is 3. The van der Waals surface area contributed by atoms with Crippen LogP contribution in [0.4, 0.5) is 13.2 Å². The normalized spacial score (nSPS) is 12.0. The van der Waals surface area contributed by atoms with E-state index in [4.69, 9.17) is 14.4 Å². The molecule has 0 fully saturated rings. The van der Waals surface area contributed by atoms with Crippen LogP contribution in [0.1, 0.15) is 73.2 Å². The monoisotopic (exact) mass is 1050 g/mol. The van der Waals surface area contributed by atoms with E-state index in [9.17, 15) is 13.2 Å². The molecule has 11 heteroatoms. The Morgan fingerprint density at radius 1 is 0.719 bits per heavy atom. The van der Waals surface area contributed by atoms with Gasteiger partial charge < -0.3 is 14.0 Å². The largest absolute Gasteiger partial charge is 0.486 e. The average Bonchev–Trinajstić information content (AvgIpc) is 3.81. The van der Waals surface area contributed by atoms with Crippen LogP contribution in [0.3, 0.4) is 0 Å². The molecule has 0 aliphatic heterocycles. The fraction of sp³-hybridized carbons (Fsp3) is 0.245. The first-order chi connectivity index (χ1) is 29.9. The SMILES string of the molecule is Cc1cc2nc(-c3[c-]ccc4c3oc3nc(C(F)(F)F)ccc34)n(-c3c(C(C)C)cccc3C(C)C)c2cn1.Cc1cccc(C)c1-c1cc(-c2[c-]cccc2)ncc1[Si](C)(C)C.[Ir]. The minimum Gasteiger partial charge on any atom is -0.486 e. The van der Waals surface area contributed by atoms with E-state index in [1.807, 2.05) is 37.4 Å². The Kier molecular flexibility index (Phi) is 13.0. The summed E-state index contributed by atoms with van der Waals surface area (Å²) in [6, 6.07) is 37.6. The maximum atomic E-state index is 13.4. The molecule has 5 heterocycles. The Morgan fingerprint density at radius 3 is 2.03 bits per heavy atom. The molecule has 5 aromatic heterocycles. The molecule has 1 radical (unpaired) electrons. The van der Waals surface area contributed by atoms with Crippen molar-refractivity contribution in [2.75, 3.05) is 0 Å². The zero-order valence-corrected chi connectivity index (χ0v) is 41.1. The molecular weight excluding hydrogens is 1000 g/mol. The Labute approximate surface area is 387 Å². The number of hydrogen-bond acceptors (Lipinski definition) is 5. The number of aromatic nitrogens is 5. The van der Waals surface area contributed by atoms with Crippen molar-refractivity contribution in [2.24, 2.45) is 0 Å². The van der Waals surface area contributed by atoms with Gasteiger partial charge >= 0.3 is 6.18 Å². The van der Waals surface area contributed by atoms with Gasteiger partial charge in [-0.05, 0) is 95.1 Å². The van der Waals surface area contributed by atoms with Gasteiger partial charge in [0.15, 0.2) is 0 Å². The standard InChI is InChI=1S/C31H26F3N4O.C22H24NSi.Ir/c1-16(2)19-8-6-9-20(17(3)4)27(19)38-25-15-35-18(5)14-24(25)36-29(38)23-11-7-10-21-22-12-13-26(31(32,33)34)37-30(22)39-28(21)23;1-16-10-9-11-17(2)22(16)19-14-20(18-12-7-6-8-13-18)23-15-21(19)24(3,4)5;/h6-10,12-17H,1-5H3;6-12,14-15H,1-5H3;/q2*-1;. The van der Waals surface area contributed by atoms with Crippen LogP contribution in [-0.2, 0) is 26.3 Å². The predicted molar refractivity (Wildman–Crippen MR) is 253 cm³/mol. The summed E-state index contributed by atoms with van der Waals surface area (Å²) in [4.78, 5) is 18.1. The fourth-order valence-electron chi connectivity index (χ4n) is 8.39. The molecule has 0 spiro atoms. The maximum Gasteiger partial charge on any atom is 0.433 e. The summed E-state index contributed by atoms with van der Waals surface area (Å²) in [5.74, 6) is 1.02. The molecule has 64 heavy (non-hydrogen) atoms.